The summed E-state index contributed by atoms with van der Waals surface area (Å²) < 4.78 is 0. The highest BCUT2D eigenvalue weighted by atomic mass is 16.3. The van der Waals surface area contributed by atoms with Crippen LogP contribution in [-0.2, 0) is 0 Å². The van der Waals surface area contributed by atoms with Crippen molar-refractivity contribution in [3.63, 3.8) is 0 Å². The number of nitrogens with zero attached hydrogens (tertiary/aromatic N) is 2. The molecule has 1 aliphatic rings. The fourth-order valence-electron chi connectivity index (χ4n) is 2.65. The van der Waals surface area contributed by atoms with E-state index in [9.17, 15) is 5.11 Å². The van der Waals surface area contributed by atoms with Gasteiger partial charge in [-0.1, -0.05) is 13.8 Å². The fraction of sp³-hybridized carbons (Fsp3) is 1.00. The van der Waals surface area contributed by atoms with Crippen LogP contribution in [0.4, 0.5) is 0 Å². The molecular formula is C14H31N3O. The monoisotopic (exact) mass is 257 g/mol. The van der Waals surface area contributed by atoms with Gasteiger partial charge in [0.05, 0.1) is 5.60 Å². The van der Waals surface area contributed by atoms with E-state index in [1.807, 2.05) is 6.92 Å². The molecule has 1 heterocycles. The van der Waals surface area contributed by atoms with Gasteiger partial charge in [-0.25, -0.2) is 0 Å². The smallest absolute Gasteiger partial charge is 0.0869 e. The molecule has 1 fully saturated rings. The summed E-state index contributed by atoms with van der Waals surface area (Å²) in [6, 6.07) is 0.997. The van der Waals surface area contributed by atoms with Crippen molar-refractivity contribution < 1.29 is 5.11 Å². The van der Waals surface area contributed by atoms with Crippen LogP contribution in [0.2, 0.25) is 0 Å². The minimum atomic E-state index is -0.658. The molecule has 0 aromatic heterocycles. The number of piperidine rings is 1. The zero-order chi connectivity index (χ0) is 13.8. The molecule has 2 atom stereocenters. The largest absolute Gasteiger partial charge is 0.388 e. The van der Waals surface area contributed by atoms with Crippen LogP contribution < -0.4 is 5.32 Å². The Hall–Kier alpha value is -0.160. The van der Waals surface area contributed by atoms with Crippen LogP contribution in [0.25, 0.3) is 0 Å². The van der Waals surface area contributed by atoms with E-state index in [4.69, 9.17) is 0 Å². The molecule has 4 heteroatoms. The molecule has 108 valence electrons. The summed E-state index contributed by atoms with van der Waals surface area (Å²) in [7, 11) is 4.31. The zero-order valence-electron chi connectivity index (χ0n) is 12.7. The van der Waals surface area contributed by atoms with Crippen molar-refractivity contribution >= 4 is 0 Å². The average Bonchev–Trinajstić information content (AvgIpc) is 2.26. The van der Waals surface area contributed by atoms with E-state index in [0.717, 1.165) is 13.1 Å². The quantitative estimate of drug-likeness (QED) is 0.737. The zero-order valence-corrected chi connectivity index (χ0v) is 12.7. The van der Waals surface area contributed by atoms with Gasteiger partial charge < -0.3 is 15.3 Å². The van der Waals surface area contributed by atoms with Gasteiger partial charge in [0.15, 0.2) is 0 Å². The highest BCUT2D eigenvalue weighted by molar-refractivity contribution is 4.85. The van der Waals surface area contributed by atoms with Gasteiger partial charge in [-0.15, -0.1) is 0 Å². The van der Waals surface area contributed by atoms with Crippen LogP contribution in [-0.4, -0.2) is 72.9 Å². The topological polar surface area (TPSA) is 38.7 Å². The molecule has 0 bridgehead atoms. The minimum absolute atomic E-state index is 0.419. The molecule has 2 N–H and O–H groups in total. The van der Waals surface area contributed by atoms with Crippen molar-refractivity contribution in [2.75, 3.05) is 40.3 Å². The highest BCUT2D eigenvalue weighted by Gasteiger charge is 2.28. The first-order valence-electron chi connectivity index (χ1n) is 7.15. The maximum Gasteiger partial charge on any atom is 0.0869 e. The van der Waals surface area contributed by atoms with E-state index >= 15 is 0 Å². The third-order valence-electron chi connectivity index (χ3n) is 3.70. The number of likely N-dealkylation sites (N-methyl/N-ethyl adjacent to an activating group) is 2. The van der Waals surface area contributed by atoms with Crippen molar-refractivity contribution in [1.82, 2.24) is 15.1 Å². The first-order chi connectivity index (χ1) is 8.30. The van der Waals surface area contributed by atoms with Gasteiger partial charge >= 0.3 is 0 Å². The van der Waals surface area contributed by atoms with Crippen LogP contribution in [0.15, 0.2) is 0 Å². The van der Waals surface area contributed by atoms with Crippen LogP contribution in [0.1, 0.15) is 33.6 Å². The Morgan fingerprint density at radius 1 is 1.50 bits per heavy atom. The third-order valence-corrected chi connectivity index (χ3v) is 3.70. The number of aliphatic hydroxyl groups is 1. The molecule has 0 aromatic carbocycles. The van der Waals surface area contributed by atoms with E-state index in [0.29, 0.717) is 18.6 Å². The lowest BCUT2D eigenvalue weighted by atomic mass is 10.0. The second-order valence-electron chi connectivity index (χ2n) is 6.51. The summed E-state index contributed by atoms with van der Waals surface area (Å²) in [5.41, 5.74) is -0.658. The summed E-state index contributed by atoms with van der Waals surface area (Å²) in [6.45, 7) is 9.83. The number of hydrogen-bond acceptors (Lipinski definition) is 4. The molecule has 1 saturated heterocycles. The second-order valence-corrected chi connectivity index (χ2v) is 6.51. The van der Waals surface area contributed by atoms with Crippen molar-refractivity contribution in [1.29, 1.82) is 0 Å². The Kier molecular flexibility index (Phi) is 6.05. The molecule has 18 heavy (non-hydrogen) atoms. The summed E-state index contributed by atoms with van der Waals surface area (Å²) >= 11 is 0. The Morgan fingerprint density at radius 3 is 2.72 bits per heavy atom. The summed E-state index contributed by atoms with van der Waals surface area (Å²) in [5.74, 6) is 0. The molecule has 0 saturated carbocycles. The maximum absolute atomic E-state index is 10.4. The number of rotatable bonds is 6. The molecule has 4 nitrogen and oxygen atoms in total. The summed E-state index contributed by atoms with van der Waals surface area (Å²) in [5, 5.41) is 13.7. The lowest BCUT2D eigenvalue weighted by molar-refractivity contribution is 0.00426. The van der Waals surface area contributed by atoms with Gasteiger partial charge in [-0.2, -0.15) is 0 Å². The highest BCUT2D eigenvalue weighted by Crippen LogP contribution is 2.16. The van der Waals surface area contributed by atoms with Gasteiger partial charge in [0.1, 0.15) is 0 Å². The number of nitrogens with one attached hydrogen (secondary N) is 1. The average molecular weight is 257 g/mol. The van der Waals surface area contributed by atoms with Crippen molar-refractivity contribution in [3.05, 3.63) is 0 Å². The van der Waals surface area contributed by atoms with Crippen molar-refractivity contribution in [3.8, 4) is 0 Å². The molecule has 0 aromatic rings. The van der Waals surface area contributed by atoms with E-state index in [2.05, 4.69) is 43.1 Å². The van der Waals surface area contributed by atoms with Gasteiger partial charge in [-0.3, -0.25) is 4.90 Å². The summed E-state index contributed by atoms with van der Waals surface area (Å²) in [4.78, 5) is 4.70. The molecule has 0 amide bonds. The lowest BCUT2D eigenvalue weighted by Crippen LogP contribution is -2.53. The number of hydrogen-bond donors (Lipinski definition) is 2. The Morgan fingerprint density at radius 2 is 2.17 bits per heavy atom. The SMILES string of the molecule is CC(C)NCC(C)(O)CN(C)C1CCCN(C)C1. The first-order valence-corrected chi connectivity index (χ1v) is 7.15. The number of likely N-dealkylation sites (tertiary alicyclic amines) is 1. The predicted octanol–water partition coefficient (Wildman–Crippen LogP) is 0.761. The molecular weight excluding hydrogens is 226 g/mol. The van der Waals surface area contributed by atoms with Crippen LogP contribution in [0.3, 0.4) is 0 Å². The molecule has 1 aliphatic heterocycles. The predicted molar refractivity (Wildman–Crippen MR) is 76.9 cm³/mol. The standard InChI is InChI=1S/C14H31N3O/c1-12(2)15-10-14(3,18)11-17(5)13-7-6-8-16(4)9-13/h12-13,15,18H,6-11H2,1-5H3. The Balaban J connectivity index is 2.39. The minimum Gasteiger partial charge on any atom is -0.388 e. The maximum atomic E-state index is 10.4. The van der Waals surface area contributed by atoms with Crippen molar-refractivity contribution in [2.24, 2.45) is 0 Å². The van der Waals surface area contributed by atoms with E-state index in [1.54, 1.807) is 0 Å². The second kappa shape index (κ2) is 6.85. The molecule has 0 spiro atoms. The summed E-state index contributed by atoms with van der Waals surface area (Å²) in [6.07, 6.45) is 2.51. The normalized spacial score (nSPS) is 25.7. The van der Waals surface area contributed by atoms with E-state index < -0.39 is 5.60 Å². The Bertz CT molecular complexity index is 243. The van der Waals surface area contributed by atoms with Gasteiger partial charge in [0, 0.05) is 31.7 Å². The Labute approximate surface area is 112 Å². The molecule has 1 rings (SSSR count). The lowest BCUT2D eigenvalue weighted by Gasteiger charge is -2.39. The fourth-order valence-corrected chi connectivity index (χ4v) is 2.65. The van der Waals surface area contributed by atoms with Crippen LogP contribution in [0, 0.1) is 0 Å². The van der Waals surface area contributed by atoms with Crippen LogP contribution in [0.5, 0.6) is 0 Å². The van der Waals surface area contributed by atoms with E-state index in [-0.39, 0.29) is 0 Å². The molecule has 0 aliphatic carbocycles. The molecule has 2 unspecified atom stereocenters. The van der Waals surface area contributed by atoms with Crippen molar-refractivity contribution in [2.45, 2.75) is 51.3 Å². The molecule has 0 radical (unpaired) electrons. The van der Waals surface area contributed by atoms with Gasteiger partial charge in [0.25, 0.3) is 0 Å². The third kappa shape index (κ3) is 5.65. The van der Waals surface area contributed by atoms with Gasteiger partial charge in [-0.05, 0) is 40.4 Å². The first kappa shape index (κ1) is 15.9. The van der Waals surface area contributed by atoms with Gasteiger partial charge in [0.2, 0.25) is 0 Å². The van der Waals surface area contributed by atoms with E-state index in [1.165, 1.54) is 19.4 Å². The van der Waals surface area contributed by atoms with Crippen LogP contribution >= 0.6 is 0 Å².